The van der Waals surface area contributed by atoms with E-state index in [1.54, 1.807) is 0 Å². The Hall–Kier alpha value is -0.500. The monoisotopic (exact) mass is 228 g/mol. The number of nitrogens with zero attached hydrogens (tertiary/aromatic N) is 2. The Bertz CT molecular complexity index is 268. The fourth-order valence-corrected chi connectivity index (χ4v) is 1.93. The van der Waals surface area contributed by atoms with Crippen molar-refractivity contribution >= 4 is 11.6 Å². The lowest BCUT2D eigenvalue weighted by Crippen LogP contribution is -2.04. The predicted molar refractivity (Wildman–Crippen MR) is 65.5 cm³/mol. The highest BCUT2D eigenvalue weighted by atomic mass is 35.5. The first-order chi connectivity index (χ1) is 7.25. The van der Waals surface area contributed by atoms with E-state index in [4.69, 9.17) is 11.6 Å². The standard InChI is InChI=1S/C12H21ClN2/c1-11(2)12-14-8-10-15(12)9-6-4-3-5-7-13/h8,10-11H,3-7,9H2,1-2H3. The molecule has 0 aliphatic heterocycles. The fraction of sp³-hybridized carbons (Fsp3) is 0.750. The van der Waals surface area contributed by atoms with E-state index in [9.17, 15) is 0 Å². The Labute approximate surface area is 97.7 Å². The van der Waals surface area contributed by atoms with Crippen LogP contribution in [0.15, 0.2) is 12.4 Å². The second-order valence-corrected chi connectivity index (χ2v) is 4.61. The molecule has 0 radical (unpaired) electrons. The minimum absolute atomic E-state index is 0.517. The molecule has 0 saturated heterocycles. The van der Waals surface area contributed by atoms with Crippen molar-refractivity contribution in [1.29, 1.82) is 0 Å². The first-order valence-corrected chi connectivity index (χ1v) is 6.36. The zero-order valence-electron chi connectivity index (χ0n) is 9.75. The van der Waals surface area contributed by atoms with Crippen molar-refractivity contribution in [1.82, 2.24) is 9.55 Å². The summed E-state index contributed by atoms with van der Waals surface area (Å²) in [7, 11) is 0. The van der Waals surface area contributed by atoms with E-state index in [-0.39, 0.29) is 0 Å². The molecule has 1 rings (SSSR count). The Balaban J connectivity index is 2.28. The number of aryl methyl sites for hydroxylation is 1. The van der Waals surface area contributed by atoms with Crippen LogP contribution in [0, 0.1) is 0 Å². The fourth-order valence-electron chi connectivity index (χ4n) is 1.74. The average Bonchev–Trinajstić information content (AvgIpc) is 2.66. The topological polar surface area (TPSA) is 17.8 Å². The first-order valence-electron chi connectivity index (χ1n) is 5.82. The Morgan fingerprint density at radius 2 is 2.00 bits per heavy atom. The molecule has 86 valence electrons. The van der Waals surface area contributed by atoms with E-state index in [2.05, 4.69) is 29.6 Å². The maximum absolute atomic E-state index is 5.63. The van der Waals surface area contributed by atoms with Crippen molar-refractivity contribution < 1.29 is 0 Å². The summed E-state index contributed by atoms with van der Waals surface area (Å²) in [5.74, 6) is 2.51. The zero-order chi connectivity index (χ0) is 11.1. The average molecular weight is 229 g/mol. The van der Waals surface area contributed by atoms with Gasteiger partial charge in [0, 0.05) is 30.7 Å². The summed E-state index contributed by atoms with van der Waals surface area (Å²) < 4.78 is 2.27. The van der Waals surface area contributed by atoms with Crippen molar-refractivity contribution in [2.24, 2.45) is 0 Å². The SMILES string of the molecule is CC(C)c1nccn1CCCCCCCl. The molecule has 2 nitrogen and oxygen atoms in total. The molecular weight excluding hydrogens is 208 g/mol. The van der Waals surface area contributed by atoms with E-state index in [0.717, 1.165) is 18.8 Å². The predicted octanol–water partition coefficient (Wildman–Crippen LogP) is 3.81. The largest absolute Gasteiger partial charge is 0.335 e. The van der Waals surface area contributed by atoms with Crippen LogP contribution in [0.25, 0.3) is 0 Å². The molecule has 0 aliphatic carbocycles. The Kier molecular flexibility index (Phi) is 5.77. The molecule has 1 aromatic rings. The molecule has 3 heteroatoms. The van der Waals surface area contributed by atoms with Gasteiger partial charge >= 0.3 is 0 Å². The minimum atomic E-state index is 0.517. The third-order valence-electron chi connectivity index (χ3n) is 2.55. The van der Waals surface area contributed by atoms with Crippen molar-refractivity contribution in [2.45, 2.75) is 52.0 Å². The Morgan fingerprint density at radius 3 is 2.67 bits per heavy atom. The number of alkyl halides is 1. The molecule has 0 fully saturated rings. The van der Waals surface area contributed by atoms with Gasteiger partial charge in [0.15, 0.2) is 0 Å². The van der Waals surface area contributed by atoms with E-state index < -0.39 is 0 Å². The summed E-state index contributed by atoms with van der Waals surface area (Å²) in [5, 5.41) is 0. The molecule has 0 aliphatic rings. The van der Waals surface area contributed by atoms with Gasteiger partial charge in [-0.2, -0.15) is 0 Å². The van der Waals surface area contributed by atoms with E-state index >= 15 is 0 Å². The van der Waals surface area contributed by atoms with E-state index in [0.29, 0.717) is 5.92 Å². The molecule has 0 spiro atoms. The molecule has 1 aromatic heterocycles. The van der Waals surface area contributed by atoms with Crippen LogP contribution in [0.5, 0.6) is 0 Å². The lowest BCUT2D eigenvalue weighted by Gasteiger charge is -2.09. The quantitative estimate of drug-likeness (QED) is 0.513. The van der Waals surface area contributed by atoms with Crippen LogP contribution >= 0.6 is 11.6 Å². The summed E-state index contributed by atoms with van der Waals surface area (Å²) >= 11 is 5.63. The van der Waals surface area contributed by atoms with Crippen molar-refractivity contribution in [3.63, 3.8) is 0 Å². The minimum Gasteiger partial charge on any atom is -0.335 e. The van der Waals surface area contributed by atoms with Gasteiger partial charge in [0.25, 0.3) is 0 Å². The Morgan fingerprint density at radius 1 is 1.27 bits per heavy atom. The summed E-state index contributed by atoms with van der Waals surface area (Å²) in [4.78, 5) is 4.37. The summed E-state index contributed by atoms with van der Waals surface area (Å²) in [5.41, 5.74) is 0. The van der Waals surface area contributed by atoms with Crippen LogP contribution in [-0.2, 0) is 6.54 Å². The normalized spacial score (nSPS) is 11.2. The number of hydrogen-bond acceptors (Lipinski definition) is 1. The molecule has 0 N–H and O–H groups in total. The van der Waals surface area contributed by atoms with Crippen molar-refractivity contribution in [2.75, 3.05) is 5.88 Å². The molecular formula is C12H21ClN2. The van der Waals surface area contributed by atoms with Crippen molar-refractivity contribution in [3.8, 4) is 0 Å². The summed E-state index contributed by atoms with van der Waals surface area (Å²) in [6, 6.07) is 0. The van der Waals surface area contributed by atoms with Crippen LogP contribution < -0.4 is 0 Å². The molecule has 0 unspecified atom stereocenters. The molecule has 1 heterocycles. The maximum atomic E-state index is 5.63. The highest BCUT2D eigenvalue weighted by Crippen LogP contribution is 2.13. The molecule has 0 bridgehead atoms. The van der Waals surface area contributed by atoms with E-state index in [1.165, 1.54) is 25.1 Å². The molecule has 0 aromatic carbocycles. The van der Waals surface area contributed by atoms with E-state index in [1.807, 2.05) is 6.20 Å². The highest BCUT2D eigenvalue weighted by molar-refractivity contribution is 6.17. The van der Waals surface area contributed by atoms with Gasteiger partial charge in [-0.05, 0) is 12.8 Å². The van der Waals surface area contributed by atoms with Gasteiger partial charge in [-0.25, -0.2) is 4.98 Å². The van der Waals surface area contributed by atoms with Crippen LogP contribution in [0.2, 0.25) is 0 Å². The lowest BCUT2D eigenvalue weighted by atomic mass is 10.2. The van der Waals surface area contributed by atoms with Gasteiger partial charge in [-0.3, -0.25) is 0 Å². The summed E-state index contributed by atoms with van der Waals surface area (Å²) in [6.07, 6.45) is 8.86. The molecule has 0 saturated carbocycles. The van der Waals surface area contributed by atoms with Crippen LogP contribution in [0.1, 0.15) is 51.3 Å². The highest BCUT2D eigenvalue weighted by Gasteiger charge is 2.05. The maximum Gasteiger partial charge on any atom is 0.111 e. The number of aromatic nitrogens is 2. The van der Waals surface area contributed by atoms with Gasteiger partial charge in [0.2, 0.25) is 0 Å². The molecule has 0 amide bonds. The smallest absolute Gasteiger partial charge is 0.111 e. The molecule has 0 atom stereocenters. The number of unbranched alkanes of at least 4 members (excludes halogenated alkanes) is 3. The lowest BCUT2D eigenvalue weighted by molar-refractivity contribution is 0.553. The number of imidazole rings is 1. The van der Waals surface area contributed by atoms with Crippen LogP contribution in [0.4, 0.5) is 0 Å². The van der Waals surface area contributed by atoms with Crippen molar-refractivity contribution in [3.05, 3.63) is 18.2 Å². The summed E-state index contributed by atoms with van der Waals surface area (Å²) in [6.45, 7) is 5.47. The van der Waals surface area contributed by atoms with Gasteiger partial charge in [-0.1, -0.05) is 26.7 Å². The van der Waals surface area contributed by atoms with Gasteiger partial charge in [-0.15, -0.1) is 11.6 Å². The van der Waals surface area contributed by atoms with Gasteiger partial charge < -0.3 is 4.57 Å². The number of halogens is 1. The zero-order valence-corrected chi connectivity index (χ0v) is 10.5. The van der Waals surface area contributed by atoms with Crippen LogP contribution in [0.3, 0.4) is 0 Å². The number of rotatable bonds is 7. The third kappa shape index (κ3) is 4.25. The third-order valence-corrected chi connectivity index (χ3v) is 2.81. The van der Waals surface area contributed by atoms with Gasteiger partial charge in [0.05, 0.1) is 0 Å². The first kappa shape index (κ1) is 12.6. The van der Waals surface area contributed by atoms with Crippen LogP contribution in [-0.4, -0.2) is 15.4 Å². The number of hydrogen-bond donors (Lipinski definition) is 0. The molecule has 15 heavy (non-hydrogen) atoms. The second kappa shape index (κ2) is 6.89. The van der Waals surface area contributed by atoms with Gasteiger partial charge in [0.1, 0.15) is 5.82 Å². The second-order valence-electron chi connectivity index (χ2n) is 4.24.